The smallest absolute Gasteiger partial charge is 0.223 e. The number of benzene rings is 1. The Morgan fingerprint density at radius 3 is 2.96 bits per heavy atom. The van der Waals surface area contributed by atoms with Crippen molar-refractivity contribution in [2.24, 2.45) is 7.05 Å². The van der Waals surface area contributed by atoms with Crippen LogP contribution in [0.3, 0.4) is 0 Å². The highest BCUT2D eigenvalue weighted by Crippen LogP contribution is 2.47. The van der Waals surface area contributed by atoms with Gasteiger partial charge in [-0.2, -0.15) is 10.1 Å². The minimum absolute atomic E-state index is 0.155. The summed E-state index contributed by atoms with van der Waals surface area (Å²) in [5.41, 5.74) is 4.41. The van der Waals surface area contributed by atoms with Crippen LogP contribution in [0.5, 0.6) is 0 Å². The lowest BCUT2D eigenvalue weighted by atomic mass is 9.99. The molecule has 0 aliphatic carbocycles. The molecule has 6 nitrogen and oxygen atoms in total. The molecule has 25 heavy (non-hydrogen) atoms. The number of aromatic nitrogens is 4. The molecule has 1 aromatic carbocycles. The Labute approximate surface area is 158 Å². The van der Waals surface area contributed by atoms with E-state index < -0.39 is 0 Å². The first-order chi connectivity index (χ1) is 12.0. The van der Waals surface area contributed by atoms with Crippen LogP contribution in [0.1, 0.15) is 28.9 Å². The van der Waals surface area contributed by atoms with Crippen molar-refractivity contribution in [1.82, 2.24) is 19.9 Å². The SMILES string of the molecule is Cc1cc(Br)ccc1[C@H]1SC[C@H](C)Nc2c1c(-c1ncon1)nn2C. The van der Waals surface area contributed by atoms with Crippen LogP contribution >= 0.6 is 27.7 Å². The number of nitrogens with zero attached hydrogens (tertiary/aromatic N) is 4. The zero-order valence-corrected chi connectivity index (χ0v) is 16.6. The molecule has 4 rings (SSSR count). The molecule has 1 N–H and O–H groups in total. The van der Waals surface area contributed by atoms with Crippen molar-refractivity contribution in [3.05, 3.63) is 45.8 Å². The van der Waals surface area contributed by atoms with Gasteiger partial charge in [0.1, 0.15) is 11.5 Å². The van der Waals surface area contributed by atoms with Crippen LogP contribution in [-0.2, 0) is 7.05 Å². The second-order valence-electron chi connectivity index (χ2n) is 6.25. The van der Waals surface area contributed by atoms with E-state index in [1.165, 1.54) is 17.5 Å². The monoisotopic (exact) mass is 419 g/mol. The Morgan fingerprint density at radius 2 is 2.24 bits per heavy atom. The summed E-state index contributed by atoms with van der Waals surface area (Å²) in [6.07, 6.45) is 1.34. The molecule has 0 saturated carbocycles. The van der Waals surface area contributed by atoms with E-state index >= 15 is 0 Å². The summed E-state index contributed by atoms with van der Waals surface area (Å²) >= 11 is 5.47. The molecule has 1 aliphatic rings. The van der Waals surface area contributed by atoms with Gasteiger partial charge in [0.05, 0.1) is 5.25 Å². The average molecular weight is 420 g/mol. The molecule has 3 heterocycles. The van der Waals surface area contributed by atoms with Crippen LogP contribution in [0.2, 0.25) is 0 Å². The summed E-state index contributed by atoms with van der Waals surface area (Å²) in [4.78, 5) is 4.22. The van der Waals surface area contributed by atoms with Gasteiger partial charge in [0.2, 0.25) is 12.2 Å². The Morgan fingerprint density at radius 1 is 1.40 bits per heavy atom. The number of hydrogen-bond donors (Lipinski definition) is 1. The third-order valence-corrected chi connectivity index (χ3v) is 6.34. The van der Waals surface area contributed by atoms with Crippen LogP contribution in [-0.4, -0.2) is 31.7 Å². The lowest BCUT2D eigenvalue weighted by molar-refractivity contribution is 0.418. The summed E-state index contributed by atoms with van der Waals surface area (Å²) < 4.78 is 7.92. The molecular formula is C17H18BrN5OS. The molecule has 0 unspecified atom stereocenters. The normalized spacial score (nSPS) is 20.0. The highest BCUT2D eigenvalue weighted by molar-refractivity contribution is 9.10. The Balaban J connectivity index is 1.93. The van der Waals surface area contributed by atoms with Gasteiger partial charge in [0.25, 0.3) is 0 Å². The molecule has 0 fully saturated rings. The van der Waals surface area contributed by atoms with Crippen LogP contribution < -0.4 is 5.32 Å². The van der Waals surface area contributed by atoms with Crippen molar-refractivity contribution in [2.45, 2.75) is 25.1 Å². The second kappa shape index (κ2) is 6.49. The standard InChI is InChI=1S/C17H18BrN5OS/c1-9-6-11(18)4-5-12(9)15-13-14(16-19-8-24-22-16)21-23(3)17(13)20-10(2)7-25-15/h4-6,8,10,15,20H,7H2,1-3H3/t10-,15+/m0/s1. The third kappa shape index (κ3) is 2.97. The Hall–Kier alpha value is -1.80. The third-order valence-electron chi connectivity index (χ3n) is 4.33. The van der Waals surface area contributed by atoms with E-state index in [9.17, 15) is 0 Å². The van der Waals surface area contributed by atoms with Crippen molar-refractivity contribution < 1.29 is 4.52 Å². The molecular weight excluding hydrogens is 402 g/mol. The summed E-state index contributed by atoms with van der Waals surface area (Å²) in [6.45, 7) is 4.33. The van der Waals surface area contributed by atoms with E-state index in [-0.39, 0.29) is 5.25 Å². The number of nitrogens with one attached hydrogen (secondary N) is 1. The maximum absolute atomic E-state index is 4.96. The fourth-order valence-electron chi connectivity index (χ4n) is 3.18. The summed E-state index contributed by atoms with van der Waals surface area (Å²) in [5, 5.41) is 12.4. The van der Waals surface area contributed by atoms with Gasteiger partial charge in [0.15, 0.2) is 0 Å². The first-order valence-corrected chi connectivity index (χ1v) is 9.86. The summed E-state index contributed by atoms with van der Waals surface area (Å²) in [5.74, 6) is 2.54. The van der Waals surface area contributed by atoms with Crippen LogP contribution in [0.15, 0.2) is 33.6 Å². The van der Waals surface area contributed by atoms with Crippen molar-refractivity contribution in [3.63, 3.8) is 0 Å². The van der Waals surface area contributed by atoms with E-state index in [2.05, 4.69) is 68.5 Å². The van der Waals surface area contributed by atoms with E-state index in [0.717, 1.165) is 27.3 Å². The van der Waals surface area contributed by atoms with E-state index in [1.807, 2.05) is 23.5 Å². The number of thioether (sulfide) groups is 1. The fourth-order valence-corrected chi connectivity index (χ4v) is 5.05. The van der Waals surface area contributed by atoms with Crippen molar-refractivity contribution in [3.8, 4) is 11.5 Å². The van der Waals surface area contributed by atoms with E-state index in [1.54, 1.807) is 0 Å². The molecule has 3 aromatic rings. The average Bonchev–Trinajstić information content (AvgIpc) is 3.15. The molecule has 0 spiro atoms. The van der Waals surface area contributed by atoms with Gasteiger partial charge >= 0.3 is 0 Å². The molecule has 0 amide bonds. The maximum Gasteiger partial charge on any atom is 0.223 e. The van der Waals surface area contributed by atoms with Crippen LogP contribution in [0, 0.1) is 6.92 Å². The first kappa shape index (κ1) is 16.7. The van der Waals surface area contributed by atoms with Gasteiger partial charge in [-0.25, -0.2) is 0 Å². The number of halogens is 1. The van der Waals surface area contributed by atoms with Crippen molar-refractivity contribution in [1.29, 1.82) is 0 Å². The van der Waals surface area contributed by atoms with Crippen LogP contribution in [0.4, 0.5) is 5.82 Å². The van der Waals surface area contributed by atoms with Gasteiger partial charge in [-0.3, -0.25) is 4.68 Å². The molecule has 0 bridgehead atoms. The number of rotatable bonds is 2. The zero-order chi connectivity index (χ0) is 17.6. The maximum atomic E-state index is 4.96. The molecule has 0 radical (unpaired) electrons. The van der Waals surface area contributed by atoms with Gasteiger partial charge in [0, 0.05) is 28.9 Å². The Kier molecular flexibility index (Phi) is 4.33. The van der Waals surface area contributed by atoms with E-state index in [4.69, 9.17) is 4.52 Å². The predicted octanol–water partition coefficient (Wildman–Crippen LogP) is 4.18. The second-order valence-corrected chi connectivity index (χ2v) is 8.30. The molecule has 130 valence electrons. The first-order valence-electron chi connectivity index (χ1n) is 8.02. The lowest BCUT2D eigenvalue weighted by Gasteiger charge is -2.18. The Bertz CT molecular complexity index is 908. The highest BCUT2D eigenvalue weighted by Gasteiger charge is 2.32. The minimum Gasteiger partial charge on any atom is -0.367 e. The topological polar surface area (TPSA) is 68.8 Å². The molecule has 2 atom stereocenters. The highest BCUT2D eigenvalue weighted by atomic mass is 79.9. The molecule has 2 aromatic heterocycles. The summed E-state index contributed by atoms with van der Waals surface area (Å²) in [7, 11) is 1.95. The van der Waals surface area contributed by atoms with Gasteiger partial charge in [-0.1, -0.05) is 27.2 Å². The lowest BCUT2D eigenvalue weighted by Crippen LogP contribution is -2.18. The fraction of sp³-hybridized carbons (Fsp3) is 0.353. The number of fused-ring (bicyclic) bond motifs is 1. The van der Waals surface area contributed by atoms with Crippen molar-refractivity contribution >= 4 is 33.5 Å². The predicted molar refractivity (Wildman–Crippen MR) is 103 cm³/mol. The molecule has 0 saturated heterocycles. The summed E-state index contributed by atoms with van der Waals surface area (Å²) in [6, 6.07) is 6.78. The minimum atomic E-state index is 0.155. The van der Waals surface area contributed by atoms with Gasteiger partial charge in [-0.05, 0) is 37.1 Å². The van der Waals surface area contributed by atoms with Gasteiger partial charge in [-0.15, -0.1) is 11.8 Å². The number of anilines is 1. The number of hydrogen-bond acceptors (Lipinski definition) is 6. The zero-order valence-electron chi connectivity index (χ0n) is 14.2. The van der Waals surface area contributed by atoms with E-state index in [0.29, 0.717) is 11.9 Å². The quantitative estimate of drug-likeness (QED) is 0.671. The number of aryl methyl sites for hydroxylation is 2. The van der Waals surface area contributed by atoms with Gasteiger partial charge < -0.3 is 9.84 Å². The van der Waals surface area contributed by atoms with Crippen LogP contribution in [0.25, 0.3) is 11.5 Å². The molecule has 1 aliphatic heterocycles. The van der Waals surface area contributed by atoms with Crippen molar-refractivity contribution in [2.75, 3.05) is 11.1 Å². The molecule has 8 heteroatoms. The largest absolute Gasteiger partial charge is 0.367 e.